The average molecular weight is 443 g/mol. The van der Waals surface area contributed by atoms with E-state index < -0.39 is 0 Å². The van der Waals surface area contributed by atoms with Crippen molar-refractivity contribution in [1.29, 1.82) is 0 Å². The standard InChI is InChI=1S/C24H26N8O/c1-16(2)32-15-26-20-21(25-13-14-33-17-9-5-4-6-10-17)28-23(29-22(20)32)30-24-27-18-11-7-8-12-19(18)31(24)3/h4-12,15-16H,13-14H2,1-3H3,(H2,25,27,28,29,30). The van der Waals surface area contributed by atoms with Crippen molar-refractivity contribution in [2.24, 2.45) is 7.05 Å². The number of aryl methyl sites for hydroxylation is 1. The highest BCUT2D eigenvalue weighted by atomic mass is 16.5. The summed E-state index contributed by atoms with van der Waals surface area (Å²) in [6, 6.07) is 17.9. The predicted octanol–water partition coefficient (Wildman–Crippen LogP) is 4.53. The first-order chi connectivity index (χ1) is 16.1. The Labute approximate surface area is 191 Å². The molecule has 0 amide bonds. The fourth-order valence-electron chi connectivity index (χ4n) is 3.69. The highest BCUT2D eigenvalue weighted by molar-refractivity contribution is 5.85. The maximum Gasteiger partial charge on any atom is 0.233 e. The largest absolute Gasteiger partial charge is 0.492 e. The molecule has 0 fully saturated rings. The van der Waals surface area contributed by atoms with Crippen molar-refractivity contribution in [3.63, 3.8) is 0 Å². The Bertz CT molecular complexity index is 1390. The number of benzene rings is 2. The normalized spacial score (nSPS) is 11.4. The summed E-state index contributed by atoms with van der Waals surface area (Å²) in [5.74, 6) is 2.61. The zero-order valence-electron chi connectivity index (χ0n) is 18.9. The predicted molar refractivity (Wildman–Crippen MR) is 130 cm³/mol. The second-order valence-corrected chi connectivity index (χ2v) is 8.01. The minimum absolute atomic E-state index is 0.211. The van der Waals surface area contributed by atoms with Crippen molar-refractivity contribution >= 4 is 39.9 Å². The number of ether oxygens (including phenoxy) is 1. The average Bonchev–Trinajstić information content (AvgIpc) is 3.39. The van der Waals surface area contributed by atoms with Crippen LogP contribution in [0, 0.1) is 0 Å². The molecular weight excluding hydrogens is 416 g/mol. The van der Waals surface area contributed by atoms with Crippen LogP contribution < -0.4 is 15.4 Å². The number of para-hydroxylation sites is 3. The van der Waals surface area contributed by atoms with Gasteiger partial charge in [0.2, 0.25) is 11.9 Å². The quantitative estimate of drug-likeness (QED) is 0.341. The molecule has 9 heteroatoms. The van der Waals surface area contributed by atoms with Gasteiger partial charge in [-0.05, 0) is 38.1 Å². The van der Waals surface area contributed by atoms with Crippen molar-refractivity contribution in [2.75, 3.05) is 23.8 Å². The van der Waals surface area contributed by atoms with Gasteiger partial charge in [-0.1, -0.05) is 30.3 Å². The minimum atomic E-state index is 0.211. The summed E-state index contributed by atoms with van der Waals surface area (Å²) in [6.45, 7) is 5.26. The zero-order valence-corrected chi connectivity index (χ0v) is 18.9. The van der Waals surface area contributed by atoms with Gasteiger partial charge >= 0.3 is 0 Å². The molecule has 0 atom stereocenters. The van der Waals surface area contributed by atoms with Crippen LogP contribution in [0.3, 0.4) is 0 Å². The summed E-state index contributed by atoms with van der Waals surface area (Å²) in [7, 11) is 1.97. The molecule has 0 aliphatic rings. The van der Waals surface area contributed by atoms with E-state index in [1.54, 1.807) is 6.33 Å². The Balaban J connectivity index is 1.43. The van der Waals surface area contributed by atoms with Crippen LogP contribution in [-0.4, -0.2) is 42.2 Å². The molecular formula is C24H26N8O. The number of hydrogen-bond acceptors (Lipinski definition) is 7. The molecule has 0 saturated heterocycles. The third kappa shape index (κ3) is 4.17. The van der Waals surface area contributed by atoms with Crippen LogP contribution >= 0.6 is 0 Å². The van der Waals surface area contributed by atoms with Crippen LogP contribution in [0.25, 0.3) is 22.2 Å². The van der Waals surface area contributed by atoms with Crippen LogP contribution in [0.2, 0.25) is 0 Å². The van der Waals surface area contributed by atoms with Crippen LogP contribution in [0.4, 0.5) is 17.7 Å². The first-order valence-corrected chi connectivity index (χ1v) is 10.9. The fourth-order valence-corrected chi connectivity index (χ4v) is 3.69. The van der Waals surface area contributed by atoms with Crippen molar-refractivity contribution in [3.8, 4) is 5.75 Å². The molecule has 0 aliphatic carbocycles. The maximum absolute atomic E-state index is 5.80. The highest BCUT2D eigenvalue weighted by Crippen LogP contribution is 2.26. The van der Waals surface area contributed by atoms with E-state index in [0.717, 1.165) is 27.9 Å². The smallest absolute Gasteiger partial charge is 0.233 e. The monoisotopic (exact) mass is 442 g/mol. The van der Waals surface area contributed by atoms with E-state index >= 15 is 0 Å². The van der Waals surface area contributed by atoms with E-state index in [2.05, 4.69) is 34.4 Å². The topological polar surface area (TPSA) is 94.7 Å². The van der Waals surface area contributed by atoms with Gasteiger partial charge in [-0.25, -0.2) is 9.97 Å². The van der Waals surface area contributed by atoms with Gasteiger partial charge < -0.3 is 19.2 Å². The molecule has 0 spiro atoms. The lowest BCUT2D eigenvalue weighted by molar-refractivity contribution is 0.333. The van der Waals surface area contributed by atoms with Crippen molar-refractivity contribution in [3.05, 3.63) is 60.9 Å². The molecule has 0 bridgehead atoms. The van der Waals surface area contributed by atoms with Gasteiger partial charge in [0.15, 0.2) is 17.0 Å². The van der Waals surface area contributed by atoms with Crippen molar-refractivity contribution in [1.82, 2.24) is 29.1 Å². The molecule has 0 aliphatic heterocycles. The molecule has 33 heavy (non-hydrogen) atoms. The first-order valence-electron chi connectivity index (χ1n) is 10.9. The molecule has 168 valence electrons. The maximum atomic E-state index is 5.80. The summed E-state index contributed by atoms with van der Waals surface area (Å²) in [5.41, 5.74) is 3.42. The number of anilines is 3. The van der Waals surface area contributed by atoms with Gasteiger partial charge in [-0.3, -0.25) is 5.32 Å². The molecule has 2 aromatic carbocycles. The lowest BCUT2D eigenvalue weighted by Gasteiger charge is -2.12. The van der Waals surface area contributed by atoms with Gasteiger partial charge in [-0.15, -0.1) is 0 Å². The molecule has 0 saturated carbocycles. The van der Waals surface area contributed by atoms with Crippen LogP contribution in [-0.2, 0) is 7.05 Å². The third-order valence-corrected chi connectivity index (χ3v) is 5.39. The summed E-state index contributed by atoms with van der Waals surface area (Å²) < 4.78 is 9.82. The number of fused-ring (bicyclic) bond motifs is 2. The number of aromatic nitrogens is 6. The Kier molecular flexibility index (Phi) is 5.52. The summed E-state index contributed by atoms with van der Waals surface area (Å²) in [6.07, 6.45) is 1.80. The third-order valence-electron chi connectivity index (χ3n) is 5.39. The second-order valence-electron chi connectivity index (χ2n) is 8.01. The van der Waals surface area contributed by atoms with Gasteiger partial charge in [0.05, 0.1) is 23.9 Å². The van der Waals surface area contributed by atoms with Crippen LogP contribution in [0.15, 0.2) is 60.9 Å². The van der Waals surface area contributed by atoms with E-state index in [0.29, 0.717) is 30.9 Å². The fraction of sp³-hybridized carbons (Fsp3) is 0.250. The van der Waals surface area contributed by atoms with Gasteiger partial charge in [0.25, 0.3) is 0 Å². The SMILES string of the molecule is CC(C)n1cnc2c(NCCOc3ccccc3)nc(Nc3nc4ccccc4n3C)nc21. The summed E-state index contributed by atoms with van der Waals surface area (Å²) in [4.78, 5) is 18.7. The summed E-state index contributed by atoms with van der Waals surface area (Å²) in [5, 5.41) is 6.64. The number of rotatable bonds is 8. The number of nitrogens with one attached hydrogen (secondary N) is 2. The van der Waals surface area contributed by atoms with E-state index in [-0.39, 0.29) is 6.04 Å². The Morgan fingerprint density at radius 1 is 0.970 bits per heavy atom. The molecule has 3 aromatic heterocycles. The van der Waals surface area contributed by atoms with Crippen molar-refractivity contribution in [2.45, 2.75) is 19.9 Å². The van der Waals surface area contributed by atoms with Gasteiger partial charge in [-0.2, -0.15) is 9.97 Å². The molecule has 9 nitrogen and oxygen atoms in total. The molecule has 3 heterocycles. The lowest BCUT2D eigenvalue weighted by atomic mass is 10.3. The number of hydrogen-bond donors (Lipinski definition) is 2. The second kappa shape index (κ2) is 8.78. The Hall–Kier alpha value is -4.14. The molecule has 5 rings (SSSR count). The minimum Gasteiger partial charge on any atom is -0.492 e. The number of nitrogens with zero attached hydrogens (tertiary/aromatic N) is 6. The summed E-state index contributed by atoms with van der Waals surface area (Å²) >= 11 is 0. The van der Waals surface area contributed by atoms with E-state index in [9.17, 15) is 0 Å². The molecule has 5 aromatic rings. The Morgan fingerprint density at radius 2 is 1.76 bits per heavy atom. The first kappa shape index (κ1) is 20.7. The lowest BCUT2D eigenvalue weighted by Crippen LogP contribution is -2.14. The van der Waals surface area contributed by atoms with E-state index in [4.69, 9.17) is 14.7 Å². The van der Waals surface area contributed by atoms with Crippen LogP contribution in [0.1, 0.15) is 19.9 Å². The van der Waals surface area contributed by atoms with Gasteiger partial charge in [0.1, 0.15) is 12.4 Å². The van der Waals surface area contributed by atoms with Crippen molar-refractivity contribution < 1.29 is 4.74 Å². The highest BCUT2D eigenvalue weighted by Gasteiger charge is 2.16. The van der Waals surface area contributed by atoms with E-state index in [1.165, 1.54) is 0 Å². The molecule has 0 radical (unpaired) electrons. The van der Waals surface area contributed by atoms with E-state index in [1.807, 2.05) is 70.8 Å². The molecule has 0 unspecified atom stereocenters. The number of imidazole rings is 2. The van der Waals surface area contributed by atoms with Crippen LogP contribution in [0.5, 0.6) is 5.75 Å². The zero-order chi connectivity index (χ0) is 22.8. The van der Waals surface area contributed by atoms with Gasteiger partial charge in [0, 0.05) is 13.1 Å². The Morgan fingerprint density at radius 3 is 2.55 bits per heavy atom. The molecule has 2 N–H and O–H groups in total.